The van der Waals surface area contributed by atoms with Crippen LogP contribution in [0.15, 0.2) is 140 Å². The highest BCUT2D eigenvalue weighted by Gasteiger charge is 2.16. The van der Waals surface area contributed by atoms with Crippen molar-refractivity contribution in [1.29, 1.82) is 0 Å². The minimum absolute atomic E-state index is 0.666. The third-order valence-electron chi connectivity index (χ3n) is 8.31. The summed E-state index contributed by atoms with van der Waals surface area (Å²) in [5.74, 6) is 2.01. The van der Waals surface area contributed by atoms with Gasteiger partial charge in [0, 0.05) is 36.9 Å². The van der Waals surface area contributed by atoms with E-state index in [1.54, 1.807) is 0 Å². The Kier molecular flexibility index (Phi) is 5.37. The number of rotatable bonds is 3. The summed E-state index contributed by atoms with van der Waals surface area (Å²) in [6, 6.07) is 49.1. The highest BCUT2D eigenvalue weighted by molar-refractivity contribution is 7.26. The van der Waals surface area contributed by atoms with Crippen molar-refractivity contribution in [1.82, 2.24) is 15.0 Å². The van der Waals surface area contributed by atoms with Crippen molar-refractivity contribution in [3.05, 3.63) is 140 Å². The standard InChI is InChI=1S/C39H23N3S/c1-3-13-28-24(9-1)11-7-16-33(28)38-40-37(41-39(42-38)34-17-8-12-25-10-2-4-14-29(25)34)27-20-21-30-26(23-27)19-22-32-31-15-5-6-18-35(31)43-36(30)32/h1-23H. The molecule has 0 radical (unpaired) electrons. The van der Waals surface area contributed by atoms with E-state index in [1.807, 2.05) is 11.3 Å². The van der Waals surface area contributed by atoms with Gasteiger partial charge in [0.15, 0.2) is 17.5 Å². The number of aromatic nitrogens is 3. The van der Waals surface area contributed by atoms with Crippen LogP contribution in [0.4, 0.5) is 0 Å². The van der Waals surface area contributed by atoms with Gasteiger partial charge in [0.05, 0.1) is 0 Å². The molecule has 0 saturated heterocycles. The molecule has 0 aliphatic rings. The lowest BCUT2D eigenvalue weighted by Gasteiger charge is -2.12. The van der Waals surface area contributed by atoms with E-state index >= 15 is 0 Å². The third kappa shape index (κ3) is 3.92. The molecule has 0 amide bonds. The van der Waals surface area contributed by atoms with E-state index in [0.29, 0.717) is 17.5 Å². The van der Waals surface area contributed by atoms with Crippen LogP contribution in [0.1, 0.15) is 0 Å². The molecule has 0 atom stereocenters. The topological polar surface area (TPSA) is 38.7 Å². The van der Waals surface area contributed by atoms with Crippen LogP contribution in [-0.4, -0.2) is 15.0 Å². The molecule has 43 heavy (non-hydrogen) atoms. The SMILES string of the molecule is c1ccc2c(-c3nc(-c4ccc5c(ccc6c7ccccc7sc56)c4)nc(-c4cccc5ccccc45)n3)cccc2c1. The molecule has 9 aromatic rings. The Morgan fingerprint density at radius 1 is 0.372 bits per heavy atom. The summed E-state index contributed by atoms with van der Waals surface area (Å²) >= 11 is 1.85. The predicted octanol–water partition coefficient (Wildman–Crippen LogP) is 10.7. The molecule has 0 fully saturated rings. The fourth-order valence-electron chi connectivity index (χ4n) is 6.24. The minimum Gasteiger partial charge on any atom is -0.208 e. The molecule has 3 nitrogen and oxygen atoms in total. The van der Waals surface area contributed by atoms with Gasteiger partial charge in [-0.2, -0.15) is 0 Å². The fourth-order valence-corrected chi connectivity index (χ4v) is 7.48. The van der Waals surface area contributed by atoms with Gasteiger partial charge in [0.2, 0.25) is 0 Å². The van der Waals surface area contributed by atoms with Crippen LogP contribution in [0.5, 0.6) is 0 Å². The van der Waals surface area contributed by atoms with Gasteiger partial charge in [-0.25, -0.2) is 15.0 Å². The molecule has 0 saturated carbocycles. The molecular weight excluding hydrogens is 543 g/mol. The Labute approximate surface area is 251 Å². The monoisotopic (exact) mass is 565 g/mol. The molecule has 9 rings (SSSR count). The smallest absolute Gasteiger partial charge is 0.164 e. The number of thiophene rings is 1. The number of hydrogen-bond acceptors (Lipinski definition) is 4. The zero-order valence-electron chi connectivity index (χ0n) is 23.0. The maximum absolute atomic E-state index is 5.11. The summed E-state index contributed by atoms with van der Waals surface area (Å²) in [5.41, 5.74) is 2.96. The van der Waals surface area contributed by atoms with Gasteiger partial charge in [-0.3, -0.25) is 0 Å². The van der Waals surface area contributed by atoms with Gasteiger partial charge in [-0.05, 0) is 44.5 Å². The molecule has 0 aliphatic carbocycles. The van der Waals surface area contributed by atoms with Crippen LogP contribution in [0.3, 0.4) is 0 Å². The Hall–Kier alpha value is -5.45. The first-order valence-electron chi connectivity index (χ1n) is 14.4. The van der Waals surface area contributed by atoms with Crippen molar-refractivity contribution >= 4 is 63.8 Å². The van der Waals surface area contributed by atoms with Crippen molar-refractivity contribution in [2.45, 2.75) is 0 Å². The summed E-state index contributed by atoms with van der Waals surface area (Å²) < 4.78 is 2.62. The Morgan fingerprint density at radius 2 is 0.930 bits per heavy atom. The fraction of sp³-hybridized carbons (Fsp3) is 0. The van der Waals surface area contributed by atoms with Crippen LogP contribution >= 0.6 is 11.3 Å². The number of benzene rings is 7. The van der Waals surface area contributed by atoms with Crippen LogP contribution < -0.4 is 0 Å². The van der Waals surface area contributed by atoms with Crippen molar-refractivity contribution in [2.75, 3.05) is 0 Å². The lowest BCUT2D eigenvalue weighted by molar-refractivity contribution is 1.08. The summed E-state index contributed by atoms with van der Waals surface area (Å²) in [6.07, 6.45) is 0. The summed E-state index contributed by atoms with van der Waals surface area (Å²) in [5, 5.41) is 9.60. The molecule has 7 aromatic carbocycles. The van der Waals surface area contributed by atoms with Crippen molar-refractivity contribution in [3.63, 3.8) is 0 Å². The zero-order chi connectivity index (χ0) is 28.3. The molecule has 0 aliphatic heterocycles. The molecule has 0 spiro atoms. The molecule has 0 N–H and O–H groups in total. The first kappa shape index (κ1) is 24.2. The first-order chi connectivity index (χ1) is 21.3. The van der Waals surface area contributed by atoms with E-state index in [9.17, 15) is 0 Å². The Morgan fingerprint density at radius 3 is 1.63 bits per heavy atom. The number of nitrogens with zero attached hydrogens (tertiary/aromatic N) is 3. The van der Waals surface area contributed by atoms with E-state index in [1.165, 1.54) is 30.9 Å². The van der Waals surface area contributed by atoms with Gasteiger partial charge < -0.3 is 0 Å². The maximum Gasteiger partial charge on any atom is 0.164 e. The predicted molar refractivity (Wildman–Crippen MR) is 182 cm³/mol. The quantitative estimate of drug-likeness (QED) is 0.214. The van der Waals surface area contributed by atoms with E-state index in [-0.39, 0.29) is 0 Å². The average molecular weight is 566 g/mol. The van der Waals surface area contributed by atoms with Gasteiger partial charge in [0.1, 0.15) is 0 Å². The molecule has 4 heteroatoms. The second-order valence-corrected chi connectivity index (χ2v) is 11.9. The molecule has 200 valence electrons. The normalized spacial score (nSPS) is 11.7. The van der Waals surface area contributed by atoms with E-state index < -0.39 is 0 Å². The van der Waals surface area contributed by atoms with Crippen molar-refractivity contribution in [2.24, 2.45) is 0 Å². The molecule has 2 heterocycles. The summed E-state index contributed by atoms with van der Waals surface area (Å²) in [4.78, 5) is 15.3. The van der Waals surface area contributed by atoms with Gasteiger partial charge in [-0.15, -0.1) is 11.3 Å². The Bertz CT molecular complexity index is 2420. The largest absolute Gasteiger partial charge is 0.208 e. The zero-order valence-corrected chi connectivity index (χ0v) is 23.8. The molecule has 0 bridgehead atoms. The lowest BCUT2D eigenvalue weighted by atomic mass is 10.0. The highest BCUT2D eigenvalue weighted by atomic mass is 32.1. The van der Waals surface area contributed by atoms with E-state index in [2.05, 4.69) is 140 Å². The third-order valence-corrected chi connectivity index (χ3v) is 9.53. The second-order valence-electron chi connectivity index (χ2n) is 10.8. The Balaban J connectivity index is 1.29. The van der Waals surface area contributed by atoms with Gasteiger partial charge in [-0.1, -0.05) is 127 Å². The number of hydrogen-bond donors (Lipinski definition) is 0. The lowest BCUT2D eigenvalue weighted by Crippen LogP contribution is -2.01. The van der Waals surface area contributed by atoms with Crippen LogP contribution in [0.2, 0.25) is 0 Å². The minimum atomic E-state index is 0.666. The first-order valence-corrected chi connectivity index (χ1v) is 15.2. The second kappa shape index (κ2) is 9.55. The maximum atomic E-state index is 5.11. The van der Waals surface area contributed by atoms with Gasteiger partial charge in [0.25, 0.3) is 0 Å². The highest BCUT2D eigenvalue weighted by Crippen LogP contribution is 2.39. The van der Waals surface area contributed by atoms with Crippen molar-refractivity contribution in [3.8, 4) is 34.2 Å². The van der Waals surface area contributed by atoms with E-state index in [0.717, 1.165) is 38.2 Å². The molecule has 0 unspecified atom stereocenters. The molecule has 2 aromatic heterocycles. The summed E-state index contributed by atoms with van der Waals surface area (Å²) in [7, 11) is 0. The number of fused-ring (bicyclic) bond motifs is 7. The van der Waals surface area contributed by atoms with E-state index in [4.69, 9.17) is 15.0 Å². The molecular formula is C39H23N3S. The summed E-state index contributed by atoms with van der Waals surface area (Å²) in [6.45, 7) is 0. The van der Waals surface area contributed by atoms with Crippen molar-refractivity contribution < 1.29 is 0 Å². The van der Waals surface area contributed by atoms with Gasteiger partial charge >= 0.3 is 0 Å². The average Bonchev–Trinajstić information content (AvgIpc) is 3.46. The van der Waals surface area contributed by atoms with Crippen LogP contribution in [-0.2, 0) is 0 Å². The van der Waals surface area contributed by atoms with Crippen LogP contribution in [0.25, 0.3) is 86.7 Å². The van der Waals surface area contributed by atoms with Crippen LogP contribution in [0, 0.1) is 0 Å².